The molecular formula is C15H22O3. The average Bonchev–Trinajstić information content (AvgIpc) is 2.81. The van der Waals surface area contributed by atoms with Crippen LogP contribution >= 0.6 is 0 Å². The van der Waals surface area contributed by atoms with Crippen LogP contribution in [-0.4, -0.2) is 24.8 Å². The molecule has 0 aromatic carbocycles. The first-order valence-corrected chi connectivity index (χ1v) is 7.01. The molecule has 2 fully saturated rings. The minimum atomic E-state index is -0.390. The van der Waals surface area contributed by atoms with E-state index in [1.165, 1.54) is 5.57 Å². The van der Waals surface area contributed by atoms with Crippen LogP contribution < -0.4 is 0 Å². The summed E-state index contributed by atoms with van der Waals surface area (Å²) in [5, 5.41) is 0. The van der Waals surface area contributed by atoms with E-state index in [9.17, 15) is 4.79 Å². The van der Waals surface area contributed by atoms with Crippen LogP contribution in [0.3, 0.4) is 0 Å². The number of rotatable bonds is 0. The molecule has 2 atom stereocenters. The fourth-order valence-electron chi connectivity index (χ4n) is 4.13. The van der Waals surface area contributed by atoms with Crippen LogP contribution in [-0.2, 0) is 14.3 Å². The first-order chi connectivity index (χ1) is 8.50. The van der Waals surface area contributed by atoms with Crippen molar-refractivity contribution in [3.63, 3.8) is 0 Å². The van der Waals surface area contributed by atoms with Crippen molar-refractivity contribution in [2.45, 2.75) is 52.2 Å². The van der Waals surface area contributed by atoms with Gasteiger partial charge in [-0.15, -0.1) is 0 Å². The van der Waals surface area contributed by atoms with Gasteiger partial charge in [-0.1, -0.05) is 19.4 Å². The highest BCUT2D eigenvalue weighted by molar-refractivity contribution is 5.96. The third kappa shape index (κ3) is 1.47. The monoisotopic (exact) mass is 250 g/mol. The van der Waals surface area contributed by atoms with E-state index in [0.717, 1.165) is 24.8 Å². The topological polar surface area (TPSA) is 35.5 Å². The lowest BCUT2D eigenvalue weighted by atomic mass is 9.57. The number of fused-ring (bicyclic) bond motifs is 1. The van der Waals surface area contributed by atoms with E-state index in [0.29, 0.717) is 31.3 Å². The Morgan fingerprint density at radius 3 is 2.50 bits per heavy atom. The maximum absolute atomic E-state index is 11.9. The molecule has 3 aliphatic rings. The summed E-state index contributed by atoms with van der Waals surface area (Å²) in [5.41, 5.74) is 2.43. The molecule has 18 heavy (non-hydrogen) atoms. The summed E-state index contributed by atoms with van der Waals surface area (Å²) in [5.74, 6) is 0.261. The van der Waals surface area contributed by atoms with Gasteiger partial charge in [0, 0.05) is 18.8 Å². The number of allylic oxidation sites excluding steroid dienone is 2. The summed E-state index contributed by atoms with van der Waals surface area (Å²) in [6.45, 7) is 7.92. The van der Waals surface area contributed by atoms with Crippen molar-refractivity contribution in [1.29, 1.82) is 0 Å². The summed E-state index contributed by atoms with van der Waals surface area (Å²) in [6, 6.07) is 0. The number of carbonyl (C=O) groups is 1. The summed E-state index contributed by atoms with van der Waals surface area (Å²) in [6.07, 6.45) is 3.45. The van der Waals surface area contributed by atoms with Crippen LogP contribution in [0.2, 0.25) is 0 Å². The Hall–Kier alpha value is -0.670. The van der Waals surface area contributed by atoms with Gasteiger partial charge in [-0.25, -0.2) is 0 Å². The van der Waals surface area contributed by atoms with Crippen molar-refractivity contribution in [3.8, 4) is 0 Å². The summed E-state index contributed by atoms with van der Waals surface area (Å²) >= 11 is 0. The maximum Gasteiger partial charge on any atom is 0.172 e. The van der Waals surface area contributed by atoms with Gasteiger partial charge in [-0.2, -0.15) is 0 Å². The van der Waals surface area contributed by atoms with Crippen molar-refractivity contribution in [3.05, 3.63) is 11.1 Å². The Balaban J connectivity index is 2.02. The quantitative estimate of drug-likeness (QED) is 0.663. The van der Waals surface area contributed by atoms with Gasteiger partial charge >= 0.3 is 0 Å². The van der Waals surface area contributed by atoms with E-state index < -0.39 is 0 Å². The number of hydrogen-bond acceptors (Lipinski definition) is 3. The molecule has 0 amide bonds. The molecule has 100 valence electrons. The molecule has 1 saturated carbocycles. The van der Waals surface area contributed by atoms with Crippen molar-refractivity contribution in [2.75, 3.05) is 13.2 Å². The fourth-order valence-corrected chi connectivity index (χ4v) is 4.13. The van der Waals surface area contributed by atoms with Gasteiger partial charge in [0.25, 0.3) is 0 Å². The molecule has 0 N–H and O–H groups in total. The zero-order valence-corrected chi connectivity index (χ0v) is 11.5. The molecule has 1 heterocycles. The Labute approximate surface area is 109 Å². The van der Waals surface area contributed by atoms with Gasteiger partial charge in [0.1, 0.15) is 0 Å². The number of ketones is 1. The average molecular weight is 250 g/mol. The van der Waals surface area contributed by atoms with Crippen LogP contribution in [0.25, 0.3) is 0 Å². The van der Waals surface area contributed by atoms with Crippen LogP contribution in [0.1, 0.15) is 46.5 Å². The van der Waals surface area contributed by atoms with Gasteiger partial charge in [0.15, 0.2) is 11.6 Å². The Morgan fingerprint density at radius 1 is 1.17 bits per heavy atom. The van der Waals surface area contributed by atoms with Gasteiger partial charge in [-0.05, 0) is 30.8 Å². The normalized spacial score (nSPS) is 39.3. The van der Waals surface area contributed by atoms with Crippen molar-refractivity contribution < 1.29 is 14.3 Å². The molecule has 0 bridgehead atoms. The predicted molar refractivity (Wildman–Crippen MR) is 68.1 cm³/mol. The number of ether oxygens (including phenoxy) is 2. The summed E-state index contributed by atoms with van der Waals surface area (Å²) in [7, 11) is 0. The largest absolute Gasteiger partial charge is 0.347 e. The zero-order chi connectivity index (χ0) is 13.0. The highest BCUT2D eigenvalue weighted by Crippen LogP contribution is 2.57. The highest BCUT2D eigenvalue weighted by atomic mass is 16.7. The van der Waals surface area contributed by atoms with Gasteiger partial charge < -0.3 is 9.47 Å². The second-order valence-electron chi connectivity index (χ2n) is 6.17. The molecule has 1 aliphatic heterocycles. The first-order valence-electron chi connectivity index (χ1n) is 7.01. The minimum Gasteiger partial charge on any atom is -0.347 e. The minimum absolute atomic E-state index is 0.0700. The van der Waals surface area contributed by atoms with Crippen LogP contribution in [0.15, 0.2) is 11.1 Å². The van der Waals surface area contributed by atoms with Crippen molar-refractivity contribution in [2.24, 2.45) is 11.3 Å². The molecule has 1 saturated heterocycles. The second-order valence-corrected chi connectivity index (χ2v) is 6.17. The van der Waals surface area contributed by atoms with Gasteiger partial charge in [0.05, 0.1) is 13.2 Å². The molecule has 3 nitrogen and oxygen atoms in total. The summed E-state index contributed by atoms with van der Waals surface area (Å²) in [4.78, 5) is 11.9. The number of Topliss-reactive ketones (excluding diaryl/α,β-unsaturated/α-hetero) is 1. The molecule has 0 aromatic rings. The van der Waals surface area contributed by atoms with Crippen molar-refractivity contribution in [1.82, 2.24) is 0 Å². The Morgan fingerprint density at radius 2 is 1.83 bits per heavy atom. The third-order valence-electron chi connectivity index (χ3n) is 5.55. The number of carbonyl (C=O) groups excluding carboxylic acids is 1. The molecule has 2 aliphatic carbocycles. The maximum atomic E-state index is 11.9. The molecular weight excluding hydrogens is 228 g/mol. The zero-order valence-electron chi connectivity index (χ0n) is 11.5. The lowest BCUT2D eigenvalue weighted by Gasteiger charge is -2.52. The first kappa shape index (κ1) is 12.4. The smallest absolute Gasteiger partial charge is 0.172 e. The summed E-state index contributed by atoms with van der Waals surface area (Å²) < 4.78 is 11.9. The second kappa shape index (κ2) is 3.91. The molecule has 3 heteroatoms. The van der Waals surface area contributed by atoms with Crippen molar-refractivity contribution >= 4 is 5.78 Å². The molecule has 3 rings (SSSR count). The lowest BCUT2D eigenvalue weighted by Crippen LogP contribution is -2.52. The standard InChI is InChI=1S/C15H22O3/c1-10-12-4-7-15(17-8-9-18-15)11(2)14(12,3)6-5-13(10)16/h11H,4-9H2,1-3H3/t11-,14-/m1/s1. The van der Waals surface area contributed by atoms with Gasteiger partial charge in [0.2, 0.25) is 0 Å². The van der Waals surface area contributed by atoms with Crippen LogP contribution in [0, 0.1) is 11.3 Å². The molecule has 0 unspecified atom stereocenters. The Bertz CT molecular complexity index is 417. The van der Waals surface area contributed by atoms with Gasteiger partial charge in [-0.3, -0.25) is 4.79 Å². The highest BCUT2D eigenvalue weighted by Gasteiger charge is 2.56. The Kier molecular flexibility index (Phi) is 2.69. The molecule has 0 aromatic heterocycles. The SMILES string of the molecule is CC1=C2CCC3(OCCO3)[C@H](C)[C@@]2(C)CCC1=O. The van der Waals surface area contributed by atoms with E-state index in [1.54, 1.807) is 0 Å². The van der Waals surface area contributed by atoms with Crippen LogP contribution in [0.4, 0.5) is 0 Å². The van der Waals surface area contributed by atoms with E-state index in [4.69, 9.17) is 9.47 Å². The van der Waals surface area contributed by atoms with Crippen LogP contribution in [0.5, 0.6) is 0 Å². The van der Waals surface area contributed by atoms with E-state index in [1.807, 2.05) is 6.92 Å². The van der Waals surface area contributed by atoms with E-state index >= 15 is 0 Å². The van der Waals surface area contributed by atoms with E-state index in [-0.39, 0.29) is 11.2 Å². The van der Waals surface area contributed by atoms with E-state index in [2.05, 4.69) is 13.8 Å². The third-order valence-corrected chi connectivity index (χ3v) is 5.55. The number of hydrogen-bond donors (Lipinski definition) is 0. The molecule has 1 spiro atoms. The predicted octanol–water partition coefficient (Wildman–Crippen LogP) is 2.85. The molecule has 0 radical (unpaired) electrons. The lowest BCUT2D eigenvalue weighted by molar-refractivity contribution is -0.228. The fraction of sp³-hybridized carbons (Fsp3) is 0.800.